The summed E-state index contributed by atoms with van der Waals surface area (Å²) < 4.78 is 5.35. The van der Waals surface area contributed by atoms with Gasteiger partial charge in [-0.05, 0) is 52.0 Å². The Kier molecular flexibility index (Phi) is 10.7. The number of aryl methyl sites for hydroxylation is 1. The molecular formula is C25H41N3O4. The fourth-order valence-electron chi connectivity index (χ4n) is 3.39. The fourth-order valence-corrected chi connectivity index (χ4v) is 3.39. The van der Waals surface area contributed by atoms with Crippen LogP contribution < -0.4 is 10.6 Å². The number of amides is 3. The molecule has 7 nitrogen and oxygen atoms in total. The van der Waals surface area contributed by atoms with E-state index in [1.807, 2.05) is 45.0 Å². The van der Waals surface area contributed by atoms with Crippen molar-refractivity contribution in [1.82, 2.24) is 15.5 Å². The van der Waals surface area contributed by atoms with Crippen LogP contribution in [-0.2, 0) is 14.3 Å². The predicted molar refractivity (Wildman–Crippen MR) is 127 cm³/mol. The van der Waals surface area contributed by atoms with Crippen LogP contribution >= 0.6 is 0 Å². The highest BCUT2D eigenvalue weighted by molar-refractivity contribution is 5.92. The van der Waals surface area contributed by atoms with Gasteiger partial charge in [-0.3, -0.25) is 9.59 Å². The van der Waals surface area contributed by atoms with Crippen molar-refractivity contribution in [3.05, 3.63) is 35.4 Å². The number of nitrogens with one attached hydrogen (secondary N) is 2. The van der Waals surface area contributed by atoms with Gasteiger partial charge in [-0.15, -0.1) is 0 Å². The van der Waals surface area contributed by atoms with Crippen LogP contribution in [0.15, 0.2) is 24.3 Å². The third kappa shape index (κ3) is 9.28. The molecule has 0 spiro atoms. The maximum absolute atomic E-state index is 13.5. The number of alkyl carbamates (subject to hydrolysis) is 1. The molecule has 3 amide bonds. The van der Waals surface area contributed by atoms with Crippen LogP contribution in [0.4, 0.5) is 4.79 Å². The zero-order valence-corrected chi connectivity index (χ0v) is 21.0. The predicted octanol–water partition coefficient (Wildman–Crippen LogP) is 4.35. The van der Waals surface area contributed by atoms with Gasteiger partial charge in [0.1, 0.15) is 17.7 Å². The quantitative estimate of drug-likeness (QED) is 0.522. The highest BCUT2D eigenvalue weighted by atomic mass is 16.6. The first-order chi connectivity index (χ1) is 14.9. The van der Waals surface area contributed by atoms with Gasteiger partial charge in [0.25, 0.3) is 0 Å². The molecule has 1 aromatic carbocycles. The standard InChI is InChI=1S/C25H41N3O4/c1-9-10-14-26-22(29)21(19-13-11-12-18(4)16-19)28(8)23(30)20(15-17(2)3)27-24(31)32-25(5,6)7/h11-13,16-17,20-21H,9-10,14-15H2,1-8H3,(H,26,29)(H,27,31). The van der Waals surface area contributed by atoms with E-state index >= 15 is 0 Å². The molecule has 0 saturated heterocycles. The van der Waals surface area contributed by atoms with Crippen molar-refractivity contribution < 1.29 is 19.1 Å². The zero-order chi connectivity index (χ0) is 24.5. The summed E-state index contributed by atoms with van der Waals surface area (Å²) in [6, 6.07) is 5.98. The number of unbranched alkanes of at least 4 members (excludes halogenated alkanes) is 1. The average molecular weight is 448 g/mol. The van der Waals surface area contributed by atoms with Crippen LogP contribution in [0.25, 0.3) is 0 Å². The fraction of sp³-hybridized carbons (Fsp3) is 0.640. The van der Waals surface area contributed by atoms with E-state index in [0.717, 1.165) is 24.0 Å². The Morgan fingerprint density at radius 2 is 1.81 bits per heavy atom. The number of carbonyl (C=O) groups excluding carboxylic acids is 3. The van der Waals surface area contributed by atoms with E-state index in [-0.39, 0.29) is 17.7 Å². The average Bonchev–Trinajstić information content (AvgIpc) is 2.65. The molecule has 2 unspecified atom stereocenters. The number of nitrogens with zero attached hydrogens (tertiary/aromatic N) is 1. The summed E-state index contributed by atoms with van der Waals surface area (Å²) >= 11 is 0. The van der Waals surface area contributed by atoms with Gasteiger partial charge in [-0.2, -0.15) is 0 Å². The Morgan fingerprint density at radius 3 is 2.34 bits per heavy atom. The first kappa shape index (κ1) is 27.5. The molecule has 0 heterocycles. The minimum absolute atomic E-state index is 0.156. The van der Waals surface area contributed by atoms with Crippen molar-refractivity contribution in [2.24, 2.45) is 5.92 Å². The molecule has 0 saturated carbocycles. The highest BCUT2D eigenvalue weighted by Crippen LogP contribution is 2.23. The summed E-state index contributed by atoms with van der Waals surface area (Å²) in [4.78, 5) is 40.4. The Bertz CT molecular complexity index is 771. The SMILES string of the molecule is CCCCNC(=O)C(c1cccc(C)c1)N(C)C(=O)C(CC(C)C)NC(=O)OC(C)(C)C. The molecule has 180 valence electrons. The maximum atomic E-state index is 13.5. The first-order valence-corrected chi connectivity index (χ1v) is 11.5. The van der Waals surface area contributed by atoms with Gasteiger partial charge in [-0.1, -0.05) is 57.0 Å². The van der Waals surface area contributed by atoms with Crippen LogP contribution in [0.3, 0.4) is 0 Å². The van der Waals surface area contributed by atoms with E-state index in [9.17, 15) is 14.4 Å². The highest BCUT2D eigenvalue weighted by Gasteiger charge is 2.34. The molecule has 7 heteroatoms. The molecule has 0 fully saturated rings. The summed E-state index contributed by atoms with van der Waals surface area (Å²) in [5.41, 5.74) is 1.06. The van der Waals surface area contributed by atoms with Gasteiger partial charge < -0.3 is 20.3 Å². The van der Waals surface area contributed by atoms with E-state index in [1.54, 1.807) is 27.8 Å². The molecule has 1 aromatic rings. The summed E-state index contributed by atoms with van der Waals surface area (Å²) in [6.45, 7) is 13.8. The van der Waals surface area contributed by atoms with Crippen molar-refractivity contribution in [1.29, 1.82) is 0 Å². The lowest BCUT2D eigenvalue weighted by Gasteiger charge is -2.32. The van der Waals surface area contributed by atoms with Gasteiger partial charge >= 0.3 is 6.09 Å². The lowest BCUT2D eigenvalue weighted by molar-refractivity contribution is -0.141. The topological polar surface area (TPSA) is 87.7 Å². The molecule has 0 bridgehead atoms. The van der Waals surface area contributed by atoms with Crippen LogP contribution in [-0.4, -0.2) is 48.0 Å². The lowest BCUT2D eigenvalue weighted by Crippen LogP contribution is -2.52. The third-order valence-electron chi connectivity index (χ3n) is 4.87. The van der Waals surface area contributed by atoms with Crippen molar-refractivity contribution >= 4 is 17.9 Å². The second kappa shape index (κ2) is 12.5. The monoisotopic (exact) mass is 447 g/mol. The van der Waals surface area contributed by atoms with Crippen molar-refractivity contribution in [3.8, 4) is 0 Å². The number of rotatable bonds is 10. The molecule has 2 atom stereocenters. The minimum atomic E-state index is -0.800. The molecule has 1 rings (SSSR count). The van der Waals surface area contributed by atoms with E-state index in [0.29, 0.717) is 13.0 Å². The largest absolute Gasteiger partial charge is 0.444 e. The Hall–Kier alpha value is -2.57. The summed E-state index contributed by atoms with van der Waals surface area (Å²) in [6.07, 6.45) is 1.60. The van der Waals surface area contributed by atoms with Crippen molar-refractivity contribution in [2.45, 2.75) is 85.4 Å². The second-order valence-electron chi connectivity index (χ2n) is 9.74. The Labute approximate surface area is 193 Å². The molecule has 0 aromatic heterocycles. The number of ether oxygens (including phenoxy) is 1. The van der Waals surface area contributed by atoms with E-state index in [1.165, 1.54) is 4.90 Å². The summed E-state index contributed by atoms with van der Waals surface area (Å²) in [5, 5.41) is 5.65. The van der Waals surface area contributed by atoms with Crippen LogP contribution in [0.1, 0.15) is 78.0 Å². The van der Waals surface area contributed by atoms with E-state index in [4.69, 9.17) is 4.74 Å². The number of hydrogen-bond acceptors (Lipinski definition) is 4. The molecule has 0 aliphatic heterocycles. The maximum Gasteiger partial charge on any atom is 0.408 e. The normalized spacial score (nSPS) is 13.3. The number of carbonyl (C=O) groups is 3. The molecule has 2 N–H and O–H groups in total. The summed E-state index contributed by atoms with van der Waals surface area (Å²) in [5.74, 6) is -0.412. The first-order valence-electron chi connectivity index (χ1n) is 11.5. The van der Waals surface area contributed by atoms with Gasteiger partial charge in [-0.25, -0.2) is 4.79 Å². The van der Waals surface area contributed by atoms with Crippen LogP contribution in [0, 0.1) is 12.8 Å². The number of benzene rings is 1. The lowest BCUT2D eigenvalue weighted by atomic mass is 9.99. The van der Waals surface area contributed by atoms with Gasteiger partial charge in [0.15, 0.2) is 0 Å². The van der Waals surface area contributed by atoms with Crippen LogP contribution in [0.2, 0.25) is 0 Å². The van der Waals surface area contributed by atoms with Crippen molar-refractivity contribution in [2.75, 3.05) is 13.6 Å². The zero-order valence-electron chi connectivity index (χ0n) is 21.0. The minimum Gasteiger partial charge on any atom is -0.444 e. The Balaban J connectivity index is 3.18. The van der Waals surface area contributed by atoms with Gasteiger partial charge in [0.05, 0.1) is 0 Å². The van der Waals surface area contributed by atoms with Gasteiger partial charge in [0, 0.05) is 13.6 Å². The molecule has 0 aliphatic carbocycles. The second-order valence-corrected chi connectivity index (χ2v) is 9.74. The van der Waals surface area contributed by atoms with Crippen molar-refractivity contribution in [3.63, 3.8) is 0 Å². The van der Waals surface area contributed by atoms with E-state index < -0.39 is 23.8 Å². The summed E-state index contributed by atoms with van der Waals surface area (Å²) in [7, 11) is 1.61. The smallest absolute Gasteiger partial charge is 0.408 e. The number of likely N-dealkylation sites (N-methyl/N-ethyl adjacent to an activating group) is 1. The van der Waals surface area contributed by atoms with Gasteiger partial charge in [0.2, 0.25) is 11.8 Å². The number of hydrogen-bond donors (Lipinski definition) is 2. The Morgan fingerprint density at radius 1 is 1.16 bits per heavy atom. The molecule has 0 aliphatic rings. The van der Waals surface area contributed by atoms with Crippen LogP contribution in [0.5, 0.6) is 0 Å². The molecular weight excluding hydrogens is 406 g/mol. The van der Waals surface area contributed by atoms with E-state index in [2.05, 4.69) is 17.6 Å². The molecule has 0 radical (unpaired) electrons. The third-order valence-corrected chi connectivity index (χ3v) is 4.87. The molecule has 32 heavy (non-hydrogen) atoms.